The molecule has 5 nitrogen and oxygen atoms in total. The van der Waals surface area contributed by atoms with Crippen LogP contribution in [0.25, 0.3) is 0 Å². The maximum atomic E-state index is 13.7. The van der Waals surface area contributed by atoms with Crippen LogP contribution in [0.3, 0.4) is 0 Å². The summed E-state index contributed by atoms with van der Waals surface area (Å²) >= 11 is 6.19. The van der Waals surface area contributed by atoms with Gasteiger partial charge in [-0.15, -0.1) is 0 Å². The zero-order valence-corrected chi connectivity index (χ0v) is 26.3. The largest absolute Gasteiger partial charge is 0.378 e. The van der Waals surface area contributed by atoms with E-state index in [1.165, 1.54) is 0 Å². The van der Waals surface area contributed by atoms with Crippen molar-refractivity contribution >= 4 is 40.2 Å². The summed E-state index contributed by atoms with van der Waals surface area (Å²) in [7, 11) is 4.03. The fourth-order valence-electron chi connectivity index (χ4n) is 5.25. The van der Waals surface area contributed by atoms with Crippen molar-refractivity contribution in [2.24, 2.45) is 0 Å². The highest BCUT2D eigenvalue weighted by atomic mass is 32.1. The normalized spacial score (nSPS) is 11.4. The molecule has 0 aliphatic carbocycles. The summed E-state index contributed by atoms with van der Waals surface area (Å²) in [5.41, 5.74) is 6.06. The molecule has 4 rings (SSSR count). The molecule has 0 bridgehead atoms. The monoisotopic (exact) mass is 578 g/mol. The molecule has 218 valence electrons. The van der Waals surface area contributed by atoms with Crippen LogP contribution < -0.4 is 20.9 Å². The van der Waals surface area contributed by atoms with Crippen molar-refractivity contribution in [2.45, 2.75) is 45.1 Å². The topological polar surface area (TPSA) is 56.4 Å². The van der Waals surface area contributed by atoms with Crippen LogP contribution in [-0.4, -0.2) is 31.5 Å². The van der Waals surface area contributed by atoms with E-state index in [-0.39, 0.29) is 24.3 Å². The smallest absolute Gasteiger partial charge is 0.238 e. The molecule has 0 radical (unpaired) electrons. The molecule has 0 heterocycles. The SMILES string of the molecule is CC(C)c1cccc(C(C)C)c1NC(=O)CNC(C(=S)Nc1ccc(N(C)C)cc1)(c1ccccc1)c1ccccc1. The van der Waals surface area contributed by atoms with Crippen molar-refractivity contribution in [2.75, 3.05) is 36.2 Å². The van der Waals surface area contributed by atoms with E-state index in [2.05, 4.69) is 78.9 Å². The average Bonchev–Trinajstić information content (AvgIpc) is 2.98. The first-order chi connectivity index (χ1) is 20.1. The first-order valence-corrected chi connectivity index (χ1v) is 14.9. The number of nitrogens with zero attached hydrogens (tertiary/aromatic N) is 1. The minimum atomic E-state index is -0.964. The molecule has 42 heavy (non-hydrogen) atoms. The lowest BCUT2D eigenvalue weighted by atomic mass is 9.82. The summed E-state index contributed by atoms with van der Waals surface area (Å²) in [6.45, 7) is 8.66. The number of hydrogen-bond donors (Lipinski definition) is 3. The molecule has 0 unspecified atom stereocenters. The van der Waals surface area contributed by atoms with Gasteiger partial charge in [0.2, 0.25) is 5.91 Å². The number of amides is 1. The minimum absolute atomic E-state index is 0.0507. The van der Waals surface area contributed by atoms with Gasteiger partial charge in [0.05, 0.1) is 6.54 Å². The number of para-hydroxylation sites is 1. The number of anilines is 3. The van der Waals surface area contributed by atoms with Gasteiger partial charge in [0.15, 0.2) is 0 Å². The van der Waals surface area contributed by atoms with Crippen LogP contribution in [0, 0.1) is 0 Å². The second-order valence-electron chi connectivity index (χ2n) is 11.4. The second kappa shape index (κ2) is 13.8. The molecule has 0 atom stereocenters. The predicted molar refractivity (Wildman–Crippen MR) is 182 cm³/mol. The fourth-order valence-corrected chi connectivity index (χ4v) is 5.67. The van der Waals surface area contributed by atoms with E-state index in [0.29, 0.717) is 4.99 Å². The lowest BCUT2D eigenvalue weighted by Crippen LogP contribution is -2.54. The fraction of sp³-hybridized carbons (Fsp3) is 0.278. The van der Waals surface area contributed by atoms with E-state index in [9.17, 15) is 4.79 Å². The number of thiocarbonyl (C=S) groups is 1. The van der Waals surface area contributed by atoms with Crippen molar-refractivity contribution in [3.8, 4) is 0 Å². The Kier molecular flexibility index (Phi) is 10.2. The number of nitrogens with one attached hydrogen (secondary N) is 3. The van der Waals surface area contributed by atoms with Crippen LogP contribution in [0.15, 0.2) is 103 Å². The van der Waals surface area contributed by atoms with Gasteiger partial charge in [-0.1, -0.05) is 119 Å². The van der Waals surface area contributed by atoms with E-state index in [0.717, 1.165) is 39.3 Å². The molecule has 0 spiro atoms. The van der Waals surface area contributed by atoms with Crippen LogP contribution in [0.2, 0.25) is 0 Å². The van der Waals surface area contributed by atoms with Gasteiger partial charge in [0.25, 0.3) is 0 Å². The van der Waals surface area contributed by atoms with Crippen molar-refractivity contribution in [1.82, 2.24) is 5.32 Å². The van der Waals surface area contributed by atoms with Crippen LogP contribution in [0.1, 0.15) is 61.8 Å². The van der Waals surface area contributed by atoms with Gasteiger partial charge in [0.1, 0.15) is 10.5 Å². The third-order valence-electron chi connectivity index (χ3n) is 7.55. The van der Waals surface area contributed by atoms with Crippen LogP contribution >= 0.6 is 12.2 Å². The van der Waals surface area contributed by atoms with Gasteiger partial charge in [-0.3, -0.25) is 10.1 Å². The minimum Gasteiger partial charge on any atom is -0.378 e. The highest BCUT2D eigenvalue weighted by molar-refractivity contribution is 7.80. The number of hydrogen-bond acceptors (Lipinski definition) is 4. The van der Waals surface area contributed by atoms with Crippen molar-refractivity contribution in [3.05, 3.63) is 125 Å². The molecule has 1 amide bonds. The van der Waals surface area contributed by atoms with Crippen LogP contribution in [0.5, 0.6) is 0 Å². The lowest BCUT2D eigenvalue weighted by molar-refractivity contribution is -0.115. The quantitative estimate of drug-likeness (QED) is 0.158. The Hall–Kier alpha value is -4.00. The molecule has 0 aromatic heterocycles. The Balaban J connectivity index is 1.72. The van der Waals surface area contributed by atoms with E-state index in [1.54, 1.807) is 0 Å². The standard InChI is InChI=1S/C36H42N4OS/c1-25(2)31-18-13-19-32(26(3)4)34(31)39-33(41)24-37-36(27-14-9-7-10-15-27,28-16-11-8-12-17-28)35(42)38-29-20-22-30(23-21-29)40(5)6/h7-23,25-26,37H,24H2,1-6H3,(H,38,42)(H,39,41). The van der Waals surface area contributed by atoms with Crippen LogP contribution in [0.4, 0.5) is 17.1 Å². The van der Waals surface area contributed by atoms with E-state index in [1.807, 2.05) is 86.9 Å². The van der Waals surface area contributed by atoms with E-state index >= 15 is 0 Å². The number of benzene rings is 4. The van der Waals surface area contributed by atoms with Crippen LogP contribution in [-0.2, 0) is 10.3 Å². The molecule has 0 saturated carbocycles. The molecule has 4 aromatic carbocycles. The highest BCUT2D eigenvalue weighted by Crippen LogP contribution is 2.34. The van der Waals surface area contributed by atoms with Gasteiger partial charge >= 0.3 is 0 Å². The van der Waals surface area contributed by atoms with Gasteiger partial charge in [-0.05, 0) is 58.4 Å². The summed E-state index contributed by atoms with van der Waals surface area (Å²) in [6.07, 6.45) is 0. The number of carbonyl (C=O) groups is 1. The van der Waals surface area contributed by atoms with Crippen molar-refractivity contribution < 1.29 is 4.79 Å². The Labute approximate surface area is 256 Å². The molecule has 0 aliphatic heterocycles. The highest BCUT2D eigenvalue weighted by Gasteiger charge is 2.39. The van der Waals surface area contributed by atoms with Gasteiger partial charge in [-0.2, -0.15) is 0 Å². The van der Waals surface area contributed by atoms with E-state index in [4.69, 9.17) is 12.2 Å². The van der Waals surface area contributed by atoms with Gasteiger partial charge < -0.3 is 15.5 Å². The Morgan fingerprint density at radius 3 is 1.67 bits per heavy atom. The van der Waals surface area contributed by atoms with Gasteiger partial charge in [0, 0.05) is 31.2 Å². The summed E-state index contributed by atoms with van der Waals surface area (Å²) < 4.78 is 0. The molecule has 6 heteroatoms. The maximum Gasteiger partial charge on any atom is 0.238 e. The Bertz CT molecular complexity index is 1420. The number of rotatable bonds is 11. The maximum absolute atomic E-state index is 13.7. The summed E-state index contributed by atoms with van der Waals surface area (Å²) in [6, 6.07) is 34.6. The zero-order chi connectivity index (χ0) is 30.3. The van der Waals surface area contributed by atoms with Crippen molar-refractivity contribution in [1.29, 1.82) is 0 Å². The average molecular weight is 579 g/mol. The molecular formula is C36H42N4OS. The third kappa shape index (κ3) is 6.89. The first-order valence-electron chi connectivity index (χ1n) is 14.5. The first kappa shape index (κ1) is 30.9. The Morgan fingerprint density at radius 2 is 1.21 bits per heavy atom. The molecule has 3 N–H and O–H groups in total. The molecule has 4 aromatic rings. The molecule has 0 saturated heterocycles. The molecule has 0 fully saturated rings. The number of carbonyl (C=O) groups excluding carboxylic acids is 1. The molecular weight excluding hydrogens is 536 g/mol. The van der Waals surface area contributed by atoms with Gasteiger partial charge in [-0.25, -0.2) is 0 Å². The predicted octanol–water partition coefficient (Wildman–Crippen LogP) is 7.91. The lowest BCUT2D eigenvalue weighted by Gasteiger charge is -2.37. The summed E-state index contributed by atoms with van der Waals surface area (Å²) in [5.74, 6) is 0.421. The second-order valence-corrected chi connectivity index (χ2v) is 11.8. The molecule has 0 aliphatic rings. The third-order valence-corrected chi connectivity index (χ3v) is 7.96. The zero-order valence-electron chi connectivity index (χ0n) is 25.4. The summed E-state index contributed by atoms with van der Waals surface area (Å²) in [5, 5.41) is 10.3. The van der Waals surface area contributed by atoms with Crippen molar-refractivity contribution in [3.63, 3.8) is 0 Å². The summed E-state index contributed by atoms with van der Waals surface area (Å²) in [4.78, 5) is 16.3. The Morgan fingerprint density at radius 1 is 0.714 bits per heavy atom. The van der Waals surface area contributed by atoms with E-state index < -0.39 is 5.54 Å².